The number of nitrogens with zero attached hydrogens (tertiary/aromatic N) is 2. The van der Waals surface area contributed by atoms with Gasteiger partial charge in [-0.1, -0.05) is 18.7 Å². The molecule has 0 amide bonds. The van der Waals surface area contributed by atoms with Gasteiger partial charge in [0.25, 0.3) is 0 Å². The molecule has 0 aliphatic carbocycles. The van der Waals surface area contributed by atoms with Gasteiger partial charge < -0.3 is 5.43 Å². The minimum atomic E-state index is -0.617. The van der Waals surface area contributed by atoms with Crippen molar-refractivity contribution in [3.63, 3.8) is 0 Å². The zero-order valence-electron chi connectivity index (χ0n) is 11.1. The van der Waals surface area contributed by atoms with E-state index in [1.54, 1.807) is 6.92 Å². The van der Waals surface area contributed by atoms with E-state index in [0.717, 1.165) is 23.4 Å². The van der Waals surface area contributed by atoms with Crippen LogP contribution in [0.2, 0.25) is 0 Å². The minimum Gasteiger partial charge on any atom is -0.308 e. The molecule has 106 valence electrons. The molecule has 0 atom stereocenters. The van der Waals surface area contributed by atoms with Gasteiger partial charge in [0, 0.05) is 22.9 Å². The molecule has 2 aromatic rings. The van der Waals surface area contributed by atoms with Crippen molar-refractivity contribution >= 4 is 17.6 Å². The van der Waals surface area contributed by atoms with E-state index in [9.17, 15) is 8.78 Å². The molecule has 2 rings (SSSR count). The molecule has 1 aromatic heterocycles. The number of benzene rings is 1. The number of aromatic nitrogens is 2. The Kier molecular flexibility index (Phi) is 4.51. The van der Waals surface area contributed by atoms with Crippen molar-refractivity contribution < 1.29 is 8.78 Å². The first-order chi connectivity index (χ1) is 9.55. The van der Waals surface area contributed by atoms with Crippen LogP contribution in [0.1, 0.15) is 18.3 Å². The second-order valence-electron chi connectivity index (χ2n) is 4.09. The predicted molar refractivity (Wildman–Crippen MR) is 74.4 cm³/mol. The lowest BCUT2D eigenvalue weighted by atomic mass is 10.3. The van der Waals surface area contributed by atoms with Crippen LogP contribution in [0, 0.1) is 18.6 Å². The van der Waals surface area contributed by atoms with Gasteiger partial charge in [0.05, 0.1) is 0 Å². The van der Waals surface area contributed by atoms with Crippen LogP contribution in [0.25, 0.3) is 0 Å². The number of anilines is 1. The molecule has 0 saturated heterocycles. The first kappa shape index (κ1) is 14.7. The van der Waals surface area contributed by atoms with Crippen LogP contribution in [-0.4, -0.2) is 9.97 Å². The maximum absolute atomic E-state index is 13.7. The maximum Gasteiger partial charge on any atom is 0.147 e. The molecule has 0 radical (unpaired) electrons. The van der Waals surface area contributed by atoms with Gasteiger partial charge in [-0.3, -0.25) is 0 Å². The van der Waals surface area contributed by atoms with Crippen molar-refractivity contribution in [1.29, 1.82) is 0 Å². The zero-order chi connectivity index (χ0) is 14.7. The van der Waals surface area contributed by atoms with Crippen molar-refractivity contribution in [2.45, 2.75) is 30.2 Å². The normalized spacial score (nSPS) is 10.7. The Hall–Kier alpha value is -1.73. The zero-order valence-corrected chi connectivity index (χ0v) is 11.9. The molecule has 20 heavy (non-hydrogen) atoms. The summed E-state index contributed by atoms with van der Waals surface area (Å²) in [7, 11) is 0. The monoisotopic (exact) mass is 296 g/mol. The van der Waals surface area contributed by atoms with Crippen LogP contribution in [0.5, 0.6) is 0 Å². The quantitative estimate of drug-likeness (QED) is 0.516. The smallest absolute Gasteiger partial charge is 0.147 e. The summed E-state index contributed by atoms with van der Waals surface area (Å²) in [5.74, 6) is 5.30. The van der Waals surface area contributed by atoms with E-state index in [2.05, 4.69) is 15.4 Å². The standard InChI is InChI=1S/C13H14F2N4S/c1-3-11-17-12(19-16)7(2)13(18-11)20-10-5-4-8(14)6-9(10)15/h4-6H,3,16H2,1-2H3,(H,17,18,19). The number of hydrogen-bond donors (Lipinski definition) is 2. The Morgan fingerprint density at radius 1 is 1.30 bits per heavy atom. The van der Waals surface area contributed by atoms with Crippen molar-refractivity contribution in [2.24, 2.45) is 5.84 Å². The summed E-state index contributed by atoms with van der Waals surface area (Å²) >= 11 is 1.12. The molecule has 0 unspecified atom stereocenters. The van der Waals surface area contributed by atoms with E-state index in [4.69, 9.17) is 5.84 Å². The third kappa shape index (κ3) is 3.05. The SMILES string of the molecule is CCc1nc(NN)c(C)c(Sc2ccc(F)cc2F)n1. The number of hydrogen-bond acceptors (Lipinski definition) is 5. The number of nitrogen functional groups attached to an aromatic ring is 1. The van der Waals surface area contributed by atoms with Crippen molar-refractivity contribution in [3.8, 4) is 0 Å². The molecule has 0 spiro atoms. The third-order valence-corrected chi connectivity index (χ3v) is 3.84. The highest BCUT2D eigenvalue weighted by atomic mass is 32.2. The molecule has 4 nitrogen and oxygen atoms in total. The molecular weight excluding hydrogens is 282 g/mol. The van der Waals surface area contributed by atoms with Crippen LogP contribution in [0.3, 0.4) is 0 Å². The Labute approximate surface area is 119 Å². The van der Waals surface area contributed by atoms with E-state index in [1.165, 1.54) is 12.1 Å². The number of hydrazine groups is 1. The van der Waals surface area contributed by atoms with Crippen LogP contribution < -0.4 is 11.3 Å². The van der Waals surface area contributed by atoms with Gasteiger partial charge in [-0.2, -0.15) is 0 Å². The predicted octanol–water partition coefficient (Wildman–Crippen LogP) is 3.06. The molecule has 0 aliphatic rings. The number of halogens is 2. The Bertz CT molecular complexity index is 634. The summed E-state index contributed by atoms with van der Waals surface area (Å²) in [4.78, 5) is 8.89. The topological polar surface area (TPSA) is 63.8 Å². The molecule has 0 fully saturated rings. The second kappa shape index (κ2) is 6.15. The van der Waals surface area contributed by atoms with Crippen molar-refractivity contribution in [3.05, 3.63) is 41.2 Å². The highest BCUT2D eigenvalue weighted by molar-refractivity contribution is 7.99. The van der Waals surface area contributed by atoms with Gasteiger partial charge in [0.1, 0.15) is 28.3 Å². The summed E-state index contributed by atoms with van der Waals surface area (Å²) in [5, 5.41) is 0.593. The van der Waals surface area contributed by atoms with E-state index in [-0.39, 0.29) is 0 Å². The molecule has 1 heterocycles. The number of rotatable bonds is 4. The third-order valence-electron chi connectivity index (χ3n) is 2.70. The van der Waals surface area contributed by atoms with Gasteiger partial charge in [-0.15, -0.1) is 0 Å². The largest absolute Gasteiger partial charge is 0.308 e. The molecule has 0 saturated carbocycles. The highest BCUT2D eigenvalue weighted by Gasteiger charge is 2.13. The lowest BCUT2D eigenvalue weighted by Gasteiger charge is -2.11. The number of nitrogens with one attached hydrogen (secondary N) is 1. The molecule has 3 N–H and O–H groups in total. The summed E-state index contributed by atoms with van der Waals surface area (Å²) in [6.45, 7) is 3.70. The second-order valence-corrected chi connectivity index (χ2v) is 5.12. The van der Waals surface area contributed by atoms with E-state index in [0.29, 0.717) is 28.0 Å². The minimum absolute atomic E-state index is 0.304. The Balaban J connectivity index is 2.42. The molecule has 1 aromatic carbocycles. The maximum atomic E-state index is 13.7. The van der Waals surface area contributed by atoms with Gasteiger partial charge in [-0.05, 0) is 19.1 Å². The Morgan fingerprint density at radius 3 is 2.65 bits per heavy atom. The lowest BCUT2D eigenvalue weighted by Crippen LogP contribution is -2.13. The van der Waals surface area contributed by atoms with Gasteiger partial charge in [-0.25, -0.2) is 24.6 Å². The Morgan fingerprint density at radius 2 is 2.05 bits per heavy atom. The molecule has 0 bridgehead atoms. The van der Waals surface area contributed by atoms with Crippen LogP contribution in [0.4, 0.5) is 14.6 Å². The lowest BCUT2D eigenvalue weighted by molar-refractivity contribution is 0.565. The fourth-order valence-corrected chi connectivity index (χ4v) is 2.50. The van der Waals surface area contributed by atoms with Gasteiger partial charge in [0.2, 0.25) is 0 Å². The van der Waals surface area contributed by atoms with Crippen LogP contribution >= 0.6 is 11.8 Å². The average molecular weight is 296 g/mol. The summed E-state index contributed by atoms with van der Waals surface area (Å²) < 4.78 is 26.6. The van der Waals surface area contributed by atoms with Crippen molar-refractivity contribution in [2.75, 3.05) is 5.43 Å². The van der Waals surface area contributed by atoms with Crippen LogP contribution in [0.15, 0.2) is 28.1 Å². The average Bonchev–Trinajstić information content (AvgIpc) is 2.43. The van der Waals surface area contributed by atoms with E-state index < -0.39 is 11.6 Å². The summed E-state index contributed by atoms with van der Waals surface area (Å²) in [5.41, 5.74) is 3.22. The molecule has 0 aliphatic heterocycles. The first-order valence-corrected chi connectivity index (χ1v) is 6.83. The van der Waals surface area contributed by atoms with Crippen LogP contribution in [-0.2, 0) is 6.42 Å². The number of aryl methyl sites for hydroxylation is 1. The first-order valence-electron chi connectivity index (χ1n) is 6.02. The highest BCUT2D eigenvalue weighted by Crippen LogP contribution is 2.33. The molecular formula is C13H14F2N4S. The van der Waals surface area contributed by atoms with Gasteiger partial charge >= 0.3 is 0 Å². The van der Waals surface area contributed by atoms with Gasteiger partial charge in [0.15, 0.2) is 0 Å². The molecule has 7 heteroatoms. The van der Waals surface area contributed by atoms with E-state index in [1.807, 2.05) is 6.92 Å². The fraction of sp³-hybridized carbons (Fsp3) is 0.231. The van der Waals surface area contributed by atoms with E-state index >= 15 is 0 Å². The summed E-state index contributed by atoms with van der Waals surface area (Å²) in [6, 6.07) is 3.45. The van der Waals surface area contributed by atoms with Crippen molar-refractivity contribution in [1.82, 2.24) is 9.97 Å². The summed E-state index contributed by atoms with van der Waals surface area (Å²) in [6.07, 6.45) is 0.633. The fourth-order valence-electron chi connectivity index (χ4n) is 1.60. The number of nitrogens with two attached hydrogens (primary N) is 1.